The van der Waals surface area contributed by atoms with Gasteiger partial charge in [-0.05, 0) is 140 Å². The SMILES string of the molecule is NC1CCN([B]C=O)C1.O=C(N[C@H]1CCNC1)[C@@H]1CC[C@@H]2CN1C(=O)N2OS(=O)(=O)O.O=C(O)[C@@H]1CC[C@@H]2CN1C(=O)N2OCc1ccccc1.O=C[B]N1CC[C@H](NC(=O)[C@@H]2CC[C@@H]3CN2C(=O)N3O)C1.O=C[B]N1CC[C@H](NC(=O)[C@@H]2CC[C@@H]3CN2C(=O)N3OCc2ccccc2)C1.O=C[B]N1CC[C@H](NC(=O)[C@@H]2CC[C@@H]3CN2C(=O)N3OS(=O)(=O)O)C1. The number of hydrogen-bond donors (Lipinski definition) is 10. The van der Waals surface area contributed by atoms with Gasteiger partial charge >= 0.3 is 56.9 Å². The van der Waals surface area contributed by atoms with Gasteiger partial charge in [-0.25, -0.2) is 33.8 Å². The summed E-state index contributed by atoms with van der Waals surface area (Å²) in [7, 11) is -3.62. The zero-order chi connectivity index (χ0) is 89.4. The van der Waals surface area contributed by atoms with Crippen molar-refractivity contribution >= 4 is 135 Å². The molecule has 1 unspecified atom stereocenters. The monoisotopic (exact) mass is 1780 g/mol. The molecule has 125 heavy (non-hydrogen) atoms. The maximum absolute atomic E-state index is 12.8. The lowest BCUT2D eigenvalue weighted by atomic mass is 9.96. The van der Waals surface area contributed by atoms with Crippen molar-refractivity contribution in [1.29, 1.82) is 0 Å². The van der Waals surface area contributed by atoms with Crippen molar-refractivity contribution in [3.63, 3.8) is 0 Å². The van der Waals surface area contributed by atoms with Gasteiger partial charge in [0, 0.05) is 95.7 Å². The van der Waals surface area contributed by atoms with E-state index < -0.39 is 87.2 Å². The Kier molecular flexibility index (Phi) is 32.8. The standard InChI is InChI=1S/C19H24BN4O4.C14H16N2O4.C12H18BN4O7S.C12H18BN4O4.C11H18N4O6S.C5H10BN2O/c25-13-20-22-9-8-15(10-22)21-18(26)17-7-6-16-11-23(17)19(27)24(16)28-12-14-4-2-1-3-5-14;17-13(18)12-7-6-11-8-15(12)14(19)16(11)20-9-10-4-2-1-3-5-10;18-7-13-15-4-3-8(5-15)14-11(19)10-2-1-9-6-16(10)12(20)17(9)24-25(21,22)23;18-7-13-15-4-3-8(5-15)14-11(19)10-2-1-9-6-16(10)12(20)17(9)21;16-10(13-7-3-4-12-5-7)9-2-1-8-6-14(9)11(17)15(8)21-22(18,19)20;7-5-1-2-8(3-5)6-4-9/h1-5,13,15-17H,6-12H2,(H,21,26);1-5,11-12H,6-9H2,(H,17,18);7-10H,1-6H2,(H,14,19)(H,21,22,23);7-10,21H,1-6H2,(H,14,19);7-9,12H,1-6H2,(H,13,16)(H,18,19,20);4-5H,1-3,7H2/t15-,16+,17-;11-,12+;2*8-,9+,10-;7-,8+,9-;/m01000./s1. The molecule has 15 atom stereocenters. The predicted molar refractivity (Wildman–Crippen MR) is 439 cm³/mol. The van der Waals surface area contributed by atoms with Crippen LogP contribution in [0.4, 0.5) is 24.0 Å². The van der Waals surface area contributed by atoms with Gasteiger partial charge in [0.15, 0.2) is 0 Å². The largest absolute Gasteiger partial charge is 0.480 e. The van der Waals surface area contributed by atoms with E-state index in [9.17, 15) is 89.2 Å². The van der Waals surface area contributed by atoms with E-state index in [1.165, 1.54) is 52.0 Å². The lowest BCUT2D eigenvalue weighted by Crippen LogP contribution is -2.52. The second-order valence-corrected chi connectivity index (χ2v) is 34.8. The highest BCUT2D eigenvalue weighted by molar-refractivity contribution is 7.81. The molecular formula is C73H104B4N20O26S2. The van der Waals surface area contributed by atoms with E-state index in [1.807, 2.05) is 75.1 Å². The number of nitrogens with one attached hydrogen (secondary N) is 5. The number of piperidine rings is 5. The maximum Gasteiger partial charge on any atom is 0.418 e. The Bertz CT molecular complexity index is 4430. The van der Waals surface area contributed by atoms with E-state index in [0.29, 0.717) is 146 Å². The number of benzene rings is 2. The molecule has 15 aliphatic rings. The normalized spacial score (nSPS) is 29.1. The highest BCUT2D eigenvalue weighted by Gasteiger charge is 2.54. The predicted octanol–water partition coefficient (Wildman–Crippen LogP) is -4.21. The molecule has 11 N–H and O–H groups in total. The topological polar surface area (TPSA) is 557 Å². The first-order valence-corrected chi connectivity index (χ1v) is 44.5. The van der Waals surface area contributed by atoms with Crippen LogP contribution in [0.1, 0.15) is 107 Å². The fourth-order valence-corrected chi connectivity index (χ4v) is 18.9. The molecule has 15 fully saturated rings. The summed E-state index contributed by atoms with van der Waals surface area (Å²) in [6.07, 6.45) is 12.4. The minimum atomic E-state index is -4.81. The summed E-state index contributed by atoms with van der Waals surface area (Å²) in [5, 5.41) is 38.4. The molecule has 17 rings (SSSR count). The first kappa shape index (κ1) is 94.6. The van der Waals surface area contributed by atoms with Crippen molar-refractivity contribution in [3.8, 4) is 0 Å². The average Bonchev–Trinajstić information content (AvgIpc) is 1.65. The molecule has 52 heteroatoms. The molecule has 15 heterocycles. The van der Waals surface area contributed by atoms with Crippen molar-refractivity contribution in [2.45, 2.75) is 200 Å². The van der Waals surface area contributed by atoms with Gasteiger partial charge in [0.2, 0.25) is 23.6 Å². The minimum absolute atomic E-state index is 0.00422. The van der Waals surface area contributed by atoms with Crippen LogP contribution >= 0.6 is 0 Å². The number of aliphatic carboxylic acids is 1. The summed E-state index contributed by atoms with van der Waals surface area (Å²) in [5.74, 6) is -1.79. The van der Waals surface area contributed by atoms with E-state index in [1.54, 1.807) is 17.1 Å². The first-order chi connectivity index (χ1) is 59.9. The number of carbonyl (C=O) groups is 14. The molecule has 676 valence electrons. The van der Waals surface area contributed by atoms with Gasteiger partial charge < -0.3 is 100 Å². The summed E-state index contributed by atoms with van der Waals surface area (Å²) in [5.41, 5.74) is 7.56. The third kappa shape index (κ3) is 24.6. The van der Waals surface area contributed by atoms with Crippen LogP contribution in [0, 0.1) is 0 Å². The summed E-state index contributed by atoms with van der Waals surface area (Å²) < 4.78 is 69.5. The van der Waals surface area contributed by atoms with E-state index in [-0.39, 0.29) is 97.1 Å². The van der Waals surface area contributed by atoms with Crippen molar-refractivity contribution in [3.05, 3.63) is 71.8 Å². The van der Waals surface area contributed by atoms with Crippen molar-refractivity contribution in [1.82, 2.24) is 95.6 Å². The molecule has 0 saturated carbocycles. The van der Waals surface area contributed by atoms with E-state index in [0.717, 1.165) is 99.6 Å². The third-order valence-electron chi connectivity index (χ3n) is 24.4. The van der Waals surface area contributed by atoms with Crippen molar-refractivity contribution < 1.29 is 122 Å². The average molecular weight is 1790 g/mol. The number of carbonyl (C=O) groups excluding carboxylic acids is 13. The Hall–Kier alpha value is -9.54. The fraction of sp³-hybridized carbons (Fsp3) is 0.644. The van der Waals surface area contributed by atoms with Gasteiger partial charge in [-0.2, -0.15) is 37.1 Å². The molecule has 2 aromatic carbocycles. The Labute approximate surface area is 724 Å². The maximum atomic E-state index is 12.8. The highest BCUT2D eigenvalue weighted by atomic mass is 32.3. The van der Waals surface area contributed by atoms with Crippen LogP contribution in [0.25, 0.3) is 0 Å². The molecule has 46 nitrogen and oxygen atoms in total. The number of rotatable bonds is 27. The molecule has 15 saturated heterocycles. The molecule has 0 aliphatic carbocycles. The number of amides is 14. The molecule has 4 radical (unpaired) electrons. The lowest BCUT2D eigenvalue weighted by molar-refractivity contribution is -0.143. The molecular weight excluding hydrogens is 1680 g/mol. The van der Waals surface area contributed by atoms with Crippen LogP contribution in [0.3, 0.4) is 0 Å². The number of nitrogens with zero attached hydrogens (tertiary/aromatic N) is 14. The third-order valence-corrected chi connectivity index (χ3v) is 25.1. The van der Waals surface area contributed by atoms with E-state index in [4.69, 9.17) is 29.6 Å². The minimum Gasteiger partial charge on any atom is -0.480 e. The number of carboxylic acids is 1. The zero-order valence-corrected chi connectivity index (χ0v) is 70.2. The van der Waals surface area contributed by atoms with Crippen LogP contribution in [0.5, 0.6) is 0 Å². The molecule has 2 aromatic rings. The molecule has 0 aromatic heterocycles. The Balaban J connectivity index is 0.000000139. The van der Waals surface area contributed by atoms with Crippen LogP contribution in [-0.2, 0) is 95.4 Å². The van der Waals surface area contributed by atoms with Gasteiger partial charge in [-0.15, -0.1) is 8.57 Å². The van der Waals surface area contributed by atoms with Crippen LogP contribution in [0.2, 0.25) is 0 Å². The number of hydroxylamine groups is 10. The highest BCUT2D eigenvalue weighted by Crippen LogP contribution is 2.36. The van der Waals surface area contributed by atoms with Gasteiger partial charge in [-0.1, -0.05) is 60.7 Å². The van der Waals surface area contributed by atoms with Crippen LogP contribution in [-0.4, -0.2) is 408 Å². The second kappa shape index (κ2) is 43.3. The number of nitrogens with two attached hydrogens (primary N) is 1. The summed E-state index contributed by atoms with van der Waals surface area (Å²) in [4.78, 5) is 190. The number of urea groups is 5. The fourth-order valence-electron chi connectivity index (χ4n) is 18.1. The van der Waals surface area contributed by atoms with E-state index >= 15 is 0 Å². The number of hydrogen-bond acceptors (Lipinski definition) is 29. The van der Waals surface area contributed by atoms with Gasteiger partial charge in [0.25, 0.3) is 29.7 Å². The molecule has 0 spiro atoms. The quantitative estimate of drug-likeness (QED) is 0.0175. The zero-order valence-electron chi connectivity index (χ0n) is 68.6. The van der Waals surface area contributed by atoms with E-state index in [2.05, 4.69) is 35.2 Å². The Morgan fingerprint density at radius 1 is 0.408 bits per heavy atom. The van der Waals surface area contributed by atoms with Gasteiger partial charge in [-0.3, -0.25) is 43.2 Å². The van der Waals surface area contributed by atoms with Gasteiger partial charge in [0.1, 0.15) is 43.4 Å². The Morgan fingerprint density at radius 2 is 0.720 bits per heavy atom. The summed E-state index contributed by atoms with van der Waals surface area (Å²) in [6, 6.07) is 12.7. The molecule has 14 amide bonds. The lowest BCUT2D eigenvalue weighted by Gasteiger charge is -2.30. The molecule has 10 bridgehead atoms. The number of fused-ring (bicyclic) bond motifs is 10. The summed E-state index contributed by atoms with van der Waals surface area (Å²) >= 11 is 0. The first-order valence-electron chi connectivity index (χ1n) is 41.7. The van der Waals surface area contributed by atoms with Crippen LogP contribution < -0.4 is 32.3 Å². The second-order valence-electron chi connectivity index (χ2n) is 32.8. The number of carboxylic acid groups (broad SMARTS) is 1. The molecule has 15 aliphatic heterocycles. The Morgan fingerprint density at radius 3 is 1.06 bits per heavy atom. The van der Waals surface area contributed by atoms with Crippen molar-refractivity contribution in [2.24, 2.45) is 5.73 Å². The van der Waals surface area contributed by atoms with Crippen LogP contribution in [0.15, 0.2) is 60.7 Å². The summed E-state index contributed by atoms with van der Waals surface area (Å²) in [6.45, 7) is 9.58. The van der Waals surface area contributed by atoms with Gasteiger partial charge in [0.05, 0.1) is 55.0 Å². The van der Waals surface area contributed by atoms with Crippen molar-refractivity contribution in [2.75, 3.05) is 98.2 Å². The smallest absolute Gasteiger partial charge is 0.418 e.